The lowest BCUT2D eigenvalue weighted by Crippen LogP contribution is -1.92. The molecule has 0 saturated heterocycles. The predicted octanol–water partition coefficient (Wildman–Crippen LogP) is 10.2. The van der Waals surface area contributed by atoms with E-state index in [1.54, 1.807) is 0 Å². The monoisotopic (exact) mass is 506 g/mol. The molecule has 0 amide bonds. The van der Waals surface area contributed by atoms with Gasteiger partial charge in [0.05, 0.1) is 16.7 Å². The molecular weight excluding hydrogens is 484 g/mol. The van der Waals surface area contributed by atoms with Crippen molar-refractivity contribution in [1.82, 2.24) is 9.97 Å². The fourth-order valence-corrected chi connectivity index (χ4v) is 6.60. The average Bonchev–Trinajstić information content (AvgIpc) is 3.03. The van der Waals surface area contributed by atoms with Crippen molar-refractivity contribution in [3.8, 4) is 22.4 Å². The Morgan fingerprint density at radius 1 is 0.350 bits per heavy atom. The molecule has 0 saturated carbocycles. The Kier molecular flexibility index (Phi) is 4.36. The summed E-state index contributed by atoms with van der Waals surface area (Å²) in [7, 11) is 0. The van der Waals surface area contributed by atoms with Crippen molar-refractivity contribution in [1.29, 1.82) is 0 Å². The van der Waals surface area contributed by atoms with Gasteiger partial charge in [-0.1, -0.05) is 115 Å². The van der Waals surface area contributed by atoms with Crippen LogP contribution in [0.1, 0.15) is 0 Å². The van der Waals surface area contributed by atoms with E-state index < -0.39 is 0 Å². The third kappa shape index (κ3) is 2.99. The van der Waals surface area contributed by atoms with Crippen molar-refractivity contribution in [2.75, 3.05) is 0 Å². The van der Waals surface area contributed by atoms with E-state index in [0.29, 0.717) is 0 Å². The van der Waals surface area contributed by atoms with Gasteiger partial charge in [0, 0.05) is 22.5 Å². The minimum absolute atomic E-state index is 0.940. The highest BCUT2D eigenvalue weighted by Crippen LogP contribution is 2.42. The highest BCUT2D eigenvalue weighted by atomic mass is 14.8. The van der Waals surface area contributed by atoms with E-state index >= 15 is 0 Å². The fourth-order valence-electron chi connectivity index (χ4n) is 6.60. The summed E-state index contributed by atoms with van der Waals surface area (Å²) >= 11 is 0. The van der Waals surface area contributed by atoms with Gasteiger partial charge in [-0.25, -0.2) is 4.98 Å². The minimum atomic E-state index is 0.940. The summed E-state index contributed by atoms with van der Waals surface area (Å²) in [6, 6.07) is 46.0. The topological polar surface area (TPSA) is 25.8 Å². The summed E-state index contributed by atoms with van der Waals surface area (Å²) in [6.07, 6.45) is 1.84. The van der Waals surface area contributed by atoms with Gasteiger partial charge in [0.25, 0.3) is 0 Å². The van der Waals surface area contributed by atoms with Gasteiger partial charge in [0.1, 0.15) is 0 Å². The smallest absolute Gasteiger partial charge is 0.0972 e. The third-order valence-electron chi connectivity index (χ3n) is 8.45. The summed E-state index contributed by atoms with van der Waals surface area (Å²) in [5, 5.41) is 12.5. The molecule has 0 aliphatic carbocycles. The van der Waals surface area contributed by atoms with E-state index in [0.717, 1.165) is 33.1 Å². The molecule has 40 heavy (non-hydrogen) atoms. The van der Waals surface area contributed by atoms with Crippen LogP contribution in [-0.4, -0.2) is 9.97 Å². The molecule has 0 spiro atoms. The quantitative estimate of drug-likeness (QED) is 0.218. The normalized spacial score (nSPS) is 12.0. The maximum absolute atomic E-state index is 5.17. The zero-order valence-corrected chi connectivity index (χ0v) is 21.6. The lowest BCUT2D eigenvalue weighted by molar-refractivity contribution is 1.37. The maximum Gasteiger partial charge on any atom is 0.0972 e. The molecule has 2 aromatic heterocycles. The van der Waals surface area contributed by atoms with Crippen LogP contribution in [0.2, 0.25) is 0 Å². The van der Waals surface area contributed by atoms with Crippen LogP contribution in [0.4, 0.5) is 0 Å². The van der Waals surface area contributed by atoms with Crippen LogP contribution in [0, 0.1) is 0 Å². The molecule has 2 nitrogen and oxygen atoms in total. The molecule has 0 unspecified atom stereocenters. The summed E-state index contributed by atoms with van der Waals surface area (Å²) < 4.78 is 0. The highest BCUT2D eigenvalue weighted by Gasteiger charge is 2.16. The Labute approximate surface area is 230 Å². The molecule has 0 bridgehead atoms. The van der Waals surface area contributed by atoms with Crippen LogP contribution < -0.4 is 0 Å². The number of hydrogen-bond acceptors (Lipinski definition) is 2. The van der Waals surface area contributed by atoms with Crippen molar-refractivity contribution in [3.05, 3.63) is 134 Å². The van der Waals surface area contributed by atoms with Gasteiger partial charge in [-0.2, -0.15) is 0 Å². The largest absolute Gasteiger partial charge is 0.254 e. The molecule has 7 aromatic carbocycles. The van der Waals surface area contributed by atoms with E-state index in [1.165, 1.54) is 54.2 Å². The van der Waals surface area contributed by atoms with Gasteiger partial charge in [-0.3, -0.25) is 4.98 Å². The molecule has 0 aliphatic rings. The molecule has 0 atom stereocenters. The molecule has 2 heteroatoms. The van der Waals surface area contributed by atoms with Crippen molar-refractivity contribution in [2.24, 2.45) is 0 Å². The molecular formula is C38H22N2. The van der Waals surface area contributed by atoms with E-state index in [-0.39, 0.29) is 0 Å². The molecule has 9 rings (SSSR count). The van der Waals surface area contributed by atoms with E-state index in [1.807, 2.05) is 12.3 Å². The number of benzene rings is 7. The average molecular weight is 507 g/mol. The molecule has 0 N–H and O–H groups in total. The Balaban J connectivity index is 1.31. The SMILES string of the molecule is c1cnc2c(c1)ccc1ccc(-c3ccc(-c4ccc5ccc6cccc7ccc4c5c67)c4ccccc34)nc12. The van der Waals surface area contributed by atoms with Gasteiger partial charge < -0.3 is 0 Å². The summed E-state index contributed by atoms with van der Waals surface area (Å²) in [6.45, 7) is 0. The number of hydrogen-bond donors (Lipinski definition) is 0. The lowest BCUT2D eigenvalue weighted by Gasteiger charge is -2.16. The Bertz CT molecular complexity index is 2420. The van der Waals surface area contributed by atoms with Crippen LogP contribution in [-0.2, 0) is 0 Å². The fraction of sp³-hybridized carbons (Fsp3) is 0. The van der Waals surface area contributed by atoms with Crippen LogP contribution >= 0.6 is 0 Å². The van der Waals surface area contributed by atoms with Crippen molar-refractivity contribution < 1.29 is 0 Å². The summed E-state index contributed by atoms with van der Waals surface area (Å²) in [5.41, 5.74) is 6.47. The van der Waals surface area contributed by atoms with Gasteiger partial charge >= 0.3 is 0 Å². The lowest BCUT2D eigenvalue weighted by atomic mass is 9.87. The molecule has 0 aliphatic heterocycles. The number of nitrogens with zero attached hydrogens (tertiary/aromatic N) is 2. The number of rotatable bonds is 2. The predicted molar refractivity (Wildman–Crippen MR) is 169 cm³/mol. The number of fused-ring (bicyclic) bond motifs is 4. The zero-order chi connectivity index (χ0) is 26.2. The Hall–Kier alpha value is -5.34. The zero-order valence-electron chi connectivity index (χ0n) is 21.6. The van der Waals surface area contributed by atoms with Crippen LogP contribution in [0.25, 0.3) is 87.3 Å². The van der Waals surface area contributed by atoms with Crippen LogP contribution in [0.5, 0.6) is 0 Å². The van der Waals surface area contributed by atoms with Crippen molar-refractivity contribution >= 4 is 64.9 Å². The summed E-state index contributed by atoms with van der Waals surface area (Å²) in [4.78, 5) is 9.83. The second-order valence-corrected chi connectivity index (χ2v) is 10.6. The molecule has 9 aromatic rings. The maximum atomic E-state index is 5.17. The minimum Gasteiger partial charge on any atom is -0.254 e. The molecule has 0 radical (unpaired) electrons. The van der Waals surface area contributed by atoms with E-state index in [2.05, 4.69) is 126 Å². The first-order valence-electron chi connectivity index (χ1n) is 13.7. The molecule has 184 valence electrons. The van der Waals surface area contributed by atoms with Gasteiger partial charge in [-0.05, 0) is 66.3 Å². The Morgan fingerprint density at radius 3 is 1.77 bits per heavy atom. The molecule has 2 heterocycles. The standard InChI is InChI=1S/C38H22N2/c1-2-9-29-28(8-1)30(31-17-14-25-11-10-23-5-3-6-24-15-18-33(31)36(25)35(23)24)19-20-32(29)34-21-16-27-13-12-26-7-4-22-39-37(26)38(27)40-34/h1-22H. The van der Waals surface area contributed by atoms with Gasteiger partial charge in [0.15, 0.2) is 0 Å². The first kappa shape index (κ1) is 21.6. The van der Waals surface area contributed by atoms with Crippen LogP contribution in [0.15, 0.2) is 134 Å². The molecule has 0 fully saturated rings. The first-order valence-corrected chi connectivity index (χ1v) is 13.7. The Morgan fingerprint density at radius 2 is 0.925 bits per heavy atom. The highest BCUT2D eigenvalue weighted by molar-refractivity contribution is 6.26. The van der Waals surface area contributed by atoms with E-state index in [9.17, 15) is 0 Å². The van der Waals surface area contributed by atoms with Crippen LogP contribution in [0.3, 0.4) is 0 Å². The first-order chi connectivity index (χ1) is 19.8. The van der Waals surface area contributed by atoms with Crippen molar-refractivity contribution in [2.45, 2.75) is 0 Å². The number of aromatic nitrogens is 2. The summed E-state index contributed by atoms with van der Waals surface area (Å²) in [5.74, 6) is 0. The second-order valence-electron chi connectivity index (χ2n) is 10.6. The number of pyridine rings is 2. The van der Waals surface area contributed by atoms with Gasteiger partial charge in [0.2, 0.25) is 0 Å². The van der Waals surface area contributed by atoms with E-state index in [4.69, 9.17) is 4.98 Å². The van der Waals surface area contributed by atoms with Crippen molar-refractivity contribution in [3.63, 3.8) is 0 Å². The second kappa shape index (κ2) is 8.08. The third-order valence-corrected chi connectivity index (χ3v) is 8.45. The van der Waals surface area contributed by atoms with Gasteiger partial charge in [-0.15, -0.1) is 0 Å².